The Balaban J connectivity index is 2.59. The molecule has 0 spiro atoms. The summed E-state index contributed by atoms with van der Waals surface area (Å²) in [6, 6.07) is 0. The summed E-state index contributed by atoms with van der Waals surface area (Å²) in [5, 5.41) is 0. The van der Waals surface area contributed by atoms with Crippen molar-refractivity contribution >= 4 is 15.9 Å². The molecule has 1 rings (SSSR count). The molecule has 0 radical (unpaired) electrons. The highest BCUT2D eigenvalue weighted by Gasteiger charge is 1.93. The van der Waals surface area contributed by atoms with Gasteiger partial charge in [0, 0.05) is 4.83 Å². The Morgan fingerprint density at radius 1 is 1.11 bits per heavy atom. The maximum Gasteiger partial charge on any atom is 0.0362 e. The molecule has 1 atom stereocenters. The van der Waals surface area contributed by atoms with E-state index in [4.69, 9.17) is 0 Å². The van der Waals surface area contributed by atoms with Crippen LogP contribution in [0.1, 0.15) is 6.42 Å². The molecule has 0 aromatic carbocycles. The highest BCUT2D eigenvalue weighted by Crippen LogP contribution is 2.08. The summed E-state index contributed by atoms with van der Waals surface area (Å²) in [5.41, 5.74) is 0. The first-order valence-electron chi connectivity index (χ1n) is 3.03. The van der Waals surface area contributed by atoms with Crippen molar-refractivity contribution in [1.82, 2.24) is 0 Å². The average Bonchev–Trinajstić information content (AvgIpc) is 1.79. The van der Waals surface area contributed by atoms with Crippen LogP contribution in [0, 0.1) is 0 Å². The van der Waals surface area contributed by atoms with Gasteiger partial charge in [-0.15, -0.1) is 0 Å². The van der Waals surface area contributed by atoms with Gasteiger partial charge < -0.3 is 0 Å². The molecule has 1 aliphatic carbocycles. The van der Waals surface area contributed by atoms with Crippen molar-refractivity contribution in [1.29, 1.82) is 0 Å². The zero-order chi connectivity index (χ0) is 6.53. The van der Waals surface area contributed by atoms with Gasteiger partial charge in [0.1, 0.15) is 0 Å². The van der Waals surface area contributed by atoms with Gasteiger partial charge >= 0.3 is 0 Å². The van der Waals surface area contributed by atoms with Crippen molar-refractivity contribution in [2.45, 2.75) is 11.2 Å². The Labute approximate surface area is 64.1 Å². The lowest BCUT2D eigenvalue weighted by Gasteiger charge is -1.98. The molecule has 0 saturated heterocycles. The highest BCUT2D eigenvalue weighted by molar-refractivity contribution is 9.09. The first kappa shape index (κ1) is 6.81. The van der Waals surface area contributed by atoms with Crippen LogP contribution in [0.5, 0.6) is 0 Å². The Morgan fingerprint density at radius 3 is 2.78 bits per heavy atom. The van der Waals surface area contributed by atoms with Gasteiger partial charge in [-0.1, -0.05) is 52.4 Å². The molecule has 0 fully saturated rings. The van der Waals surface area contributed by atoms with Crippen LogP contribution in [-0.4, -0.2) is 4.83 Å². The topological polar surface area (TPSA) is 0 Å². The lowest BCUT2D eigenvalue weighted by molar-refractivity contribution is 1.09. The Bertz CT molecular complexity index is 154. The summed E-state index contributed by atoms with van der Waals surface area (Å²) < 4.78 is 0. The molecule has 0 nitrogen and oxygen atoms in total. The molecule has 1 aliphatic rings. The van der Waals surface area contributed by atoms with E-state index in [1.807, 2.05) is 12.2 Å². The largest absolute Gasteiger partial charge is 0.0842 e. The highest BCUT2D eigenvalue weighted by atomic mass is 79.9. The molecule has 0 N–H and O–H groups in total. The summed E-state index contributed by atoms with van der Waals surface area (Å²) >= 11 is 3.50. The van der Waals surface area contributed by atoms with Crippen molar-refractivity contribution in [2.75, 3.05) is 0 Å². The third-order valence-corrected chi connectivity index (χ3v) is 1.83. The average molecular weight is 185 g/mol. The van der Waals surface area contributed by atoms with Crippen molar-refractivity contribution in [2.24, 2.45) is 0 Å². The van der Waals surface area contributed by atoms with E-state index in [9.17, 15) is 0 Å². The van der Waals surface area contributed by atoms with Gasteiger partial charge in [0.25, 0.3) is 0 Å². The van der Waals surface area contributed by atoms with E-state index in [-0.39, 0.29) is 0 Å². The smallest absolute Gasteiger partial charge is 0.0362 e. The zero-order valence-electron chi connectivity index (χ0n) is 5.13. The lowest BCUT2D eigenvalue weighted by atomic mass is 10.2. The van der Waals surface area contributed by atoms with Crippen molar-refractivity contribution in [3.05, 3.63) is 36.5 Å². The molecular formula is C8H9Br. The van der Waals surface area contributed by atoms with Crippen LogP contribution in [0.4, 0.5) is 0 Å². The SMILES string of the molecule is BrC1\C=C/C=C\C=C/C1. The van der Waals surface area contributed by atoms with Crippen LogP contribution in [0.3, 0.4) is 0 Å². The molecule has 1 heteroatoms. The number of allylic oxidation sites excluding steroid dienone is 6. The molecule has 0 aromatic rings. The second-order valence-electron chi connectivity index (χ2n) is 1.95. The Morgan fingerprint density at radius 2 is 1.89 bits per heavy atom. The molecule has 0 aliphatic heterocycles. The normalized spacial score (nSPS) is 36.3. The molecule has 0 amide bonds. The molecule has 0 saturated carbocycles. The van der Waals surface area contributed by atoms with Crippen molar-refractivity contribution in [3.8, 4) is 0 Å². The van der Waals surface area contributed by atoms with Gasteiger partial charge in [0.05, 0.1) is 0 Å². The standard InChI is InChI=1S/C8H9Br/c9-8-6-4-2-1-3-5-7-8/h1-6,8H,7H2/b2-1-,5-3-,6-4-. The fraction of sp³-hybridized carbons (Fsp3) is 0.250. The minimum absolute atomic E-state index is 0.513. The van der Waals surface area contributed by atoms with Crippen LogP contribution in [-0.2, 0) is 0 Å². The van der Waals surface area contributed by atoms with Gasteiger partial charge in [-0.25, -0.2) is 0 Å². The van der Waals surface area contributed by atoms with Gasteiger partial charge in [-0.3, -0.25) is 0 Å². The van der Waals surface area contributed by atoms with Gasteiger partial charge in [0.15, 0.2) is 0 Å². The fourth-order valence-corrected chi connectivity index (χ4v) is 1.07. The van der Waals surface area contributed by atoms with Gasteiger partial charge in [0.2, 0.25) is 0 Å². The first-order chi connectivity index (χ1) is 4.39. The van der Waals surface area contributed by atoms with E-state index in [0.717, 1.165) is 6.42 Å². The van der Waals surface area contributed by atoms with Crippen LogP contribution in [0.2, 0.25) is 0 Å². The summed E-state index contributed by atoms with van der Waals surface area (Å²) in [4.78, 5) is 0.513. The second-order valence-corrected chi connectivity index (χ2v) is 3.13. The van der Waals surface area contributed by atoms with Gasteiger partial charge in [-0.05, 0) is 6.42 Å². The molecular weight excluding hydrogens is 176 g/mol. The zero-order valence-corrected chi connectivity index (χ0v) is 6.71. The predicted molar refractivity (Wildman–Crippen MR) is 44.8 cm³/mol. The van der Waals surface area contributed by atoms with E-state index < -0.39 is 0 Å². The van der Waals surface area contributed by atoms with E-state index in [2.05, 4.69) is 40.2 Å². The second kappa shape index (κ2) is 3.67. The van der Waals surface area contributed by atoms with E-state index in [1.165, 1.54) is 0 Å². The van der Waals surface area contributed by atoms with Crippen LogP contribution in [0.25, 0.3) is 0 Å². The number of alkyl halides is 1. The molecule has 0 bridgehead atoms. The summed E-state index contributed by atoms with van der Waals surface area (Å²) in [5.74, 6) is 0. The molecule has 48 valence electrons. The molecule has 0 aromatic heterocycles. The van der Waals surface area contributed by atoms with Crippen LogP contribution < -0.4 is 0 Å². The Kier molecular flexibility index (Phi) is 2.78. The molecule has 9 heavy (non-hydrogen) atoms. The predicted octanol–water partition coefficient (Wildman–Crippen LogP) is 2.82. The van der Waals surface area contributed by atoms with Crippen LogP contribution in [0.15, 0.2) is 36.5 Å². The molecule has 1 unspecified atom stereocenters. The van der Waals surface area contributed by atoms with Crippen LogP contribution >= 0.6 is 15.9 Å². The lowest BCUT2D eigenvalue weighted by Crippen LogP contribution is -1.88. The summed E-state index contributed by atoms with van der Waals surface area (Å²) in [6.07, 6.45) is 13.6. The number of rotatable bonds is 0. The first-order valence-corrected chi connectivity index (χ1v) is 3.95. The number of hydrogen-bond donors (Lipinski definition) is 0. The minimum Gasteiger partial charge on any atom is -0.0842 e. The van der Waals surface area contributed by atoms with E-state index in [0.29, 0.717) is 4.83 Å². The van der Waals surface area contributed by atoms with E-state index in [1.54, 1.807) is 0 Å². The fourth-order valence-electron chi connectivity index (χ4n) is 0.679. The maximum absolute atomic E-state index is 3.50. The number of halogens is 1. The quantitative estimate of drug-likeness (QED) is 0.509. The van der Waals surface area contributed by atoms with E-state index >= 15 is 0 Å². The molecule has 0 heterocycles. The van der Waals surface area contributed by atoms with Crippen molar-refractivity contribution < 1.29 is 0 Å². The minimum atomic E-state index is 0.513. The summed E-state index contributed by atoms with van der Waals surface area (Å²) in [7, 11) is 0. The maximum atomic E-state index is 3.50. The monoisotopic (exact) mass is 184 g/mol. The Hall–Kier alpha value is -0.300. The van der Waals surface area contributed by atoms with Crippen molar-refractivity contribution in [3.63, 3.8) is 0 Å². The third-order valence-electron chi connectivity index (χ3n) is 1.15. The summed E-state index contributed by atoms with van der Waals surface area (Å²) in [6.45, 7) is 0. The number of hydrogen-bond acceptors (Lipinski definition) is 0. The third kappa shape index (κ3) is 2.66. The van der Waals surface area contributed by atoms with Gasteiger partial charge in [-0.2, -0.15) is 0 Å².